The highest BCUT2D eigenvalue weighted by Gasteiger charge is 2.27. The minimum Gasteiger partial charge on any atom is -0.481 e. The van der Waals surface area contributed by atoms with Gasteiger partial charge >= 0.3 is 11.7 Å². The molecule has 0 aliphatic carbocycles. The van der Waals surface area contributed by atoms with E-state index in [0.717, 1.165) is 0 Å². The molecule has 8 heteroatoms. The predicted molar refractivity (Wildman–Crippen MR) is 76.2 cm³/mol. The molecule has 0 unspecified atom stereocenters. The van der Waals surface area contributed by atoms with Crippen molar-refractivity contribution >= 4 is 15.8 Å². The van der Waals surface area contributed by atoms with Crippen LogP contribution in [0.3, 0.4) is 0 Å². The van der Waals surface area contributed by atoms with E-state index in [4.69, 9.17) is 5.11 Å². The van der Waals surface area contributed by atoms with Crippen molar-refractivity contribution in [1.29, 1.82) is 0 Å². The van der Waals surface area contributed by atoms with Crippen LogP contribution in [0.5, 0.6) is 0 Å². The molecule has 1 aliphatic heterocycles. The molecule has 1 aromatic rings. The number of aryl methyl sites for hydroxylation is 1. The van der Waals surface area contributed by atoms with Crippen molar-refractivity contribution in [1.82, 2.24) is 9.55 Å². The zero-order valence-corrected chi connectivity index (χ0v) is 12.8. The second kappa shape index (κ2) is 5.59. The Kier molecular flexibility index (Phi) is 4.18. The first-order chi connectivity index (χ1) is 9.71. The van der Waals surface area contributed by atoms with E-state index in [0.29, 0.717) is 29.8 Å². The van der Waals surface area contributed by atoms with Gasteiger partial charge in [-0.3, -0.25) is 9.36 Å². The number of sulfone groups is 1. The van der Waals surface area contributed by atoms with Gasteiger partial charge in [-0.25, -0.2) is 13.2 Å². The SMILES string of the molecule is Cc1nc(=O)n(C2CCS(=O)(=O)CC2)c(C)c1CC(=O)O. The lowest BCUT2D eigenvalue weighted by atomic mass is 10.1. The van der Waals surface area contributed by atoms with Crippen molar-refractivity contribution in [3.8, 4) is 0 Å². The number of aliphatic carboxylic acids is 1. The summed E-state index contributed by atoms with van der Waals surface area (Å²) in [5.74, 6) is -0.892. The van der Waals surface area contributed by atoms with Crippen LogP contribution in [-0.2, 0) is 21.1 Å². The predicted octanol–water partition coefficient (Wildman–Crippen LogP) is 0.237. The van der Waals surface area contributed by atoms with Crippen molar-refractivity contribution in [2.75, 3.05) is 11.5 Å². The van der Waals surface area contributed by atoms with Gasteiger partial charge < -0.3 is 5.11 Å². The molecule has 21 heavy (non-hydrogen) atoms. The summed E-state index contributed by atoms with van der Waals surface area (Å²) in [6.45, 7) is 3.31. The van der Waals surface area contributed by atoms with E-state index in [1.165, 1.54) is 4.57 Å². The summed E-state index contributed by atoms with van der Waals surface area (Å²) in [5.41, 5.74) is 1.07. The van der Waals surface area contributed by atoms with Gasteiger partial charge in [-0.1, -0.05) is 0 Å². The molecule has 7 nitrogen and oxygen atoms in total. The first kappa shape index (κ1) is 15.7. The Hall–Kier alpha value is -1.70. The average Bonchev–Trinajstić information content (AvgIpc) is 2.36. The summed E-state index contributed by atoms with van der Waals surface area (Å²) < 4.78 is 24.4. The normalized spacial score (nSPS) is 18.6. The second-order valence-corrected chi connectivity index (χ2v) is 7.67. The van der Waals surface area contributed by atoms with Crippen LogP contribution < -0.4 is 5.69 Å². The Morgan fingerprint density at radius 3 is 2.43 bits per heavy atom. The molecule has 1 aliphatic rings. The van der Waals surface area contributed by atoms with Crippen LogP contribution in [-0.4, -0.2) is 40.6 Å². The molecule has 0 spiro atoms. The first-order valence-corrected chi connectivity index (χ1v) is 8.54. The van der Waals surface area contributed by atoms with Crippen LogP contribution in [0.15, 0.2) is 4.79 Å². The molecule has 0 bridgehead atoms. The van der Waals surface area contributed by atoms with Gasteiger partial charge in [-0.2, -0.15) is 4.98 Å². The number of aromatic nitrogens is 2. The van der Waals surface area contributed by atoms with Gasteiger partial charge in [0.1, 0.15) is 9.84 Å². The maximum absolute atomic E-state index is 12.1. The lowest BCUT2D eigenvalue weighted by Crippen LogP contribution is -2.35. The molecule has 0 radical (unpaired) electrons. The largest absolute Gasteiger partial charge is 0.481 e. The van der Waals surface area contributed by atoms with E-state index >= 15 is 0 Å². The average molecular weight is 314 g/mol. The molecular formula is C13H18N2O5S. The van der Waals surface area contributed by atoms with E-state index < -0.39 is 21.5 Å². The summed E-state index contributed by atoms with van der Waals surface area (Å²) >= 11 is 0. The lowest BCUT2D eigenvalue weighted by Gasteiger charge is -2.26. The highest BCUT2D eigenvalue weighted by atomic mass is 32.2. The summed E-state index contributed by atoms with van der Waals surface area (Å²) in [5, 5.41) is 8.96. The lowest BCUT2D eigenvalue weighted by molar-refractivity contribution is -0.136. The summed E-state index contributed by atoms with van der Waals surface area (Å²) in [7, 11) is -3.02. The molecule has 1 fully saturated rings. The molecule has 0 saturated carbocycles. The number of hydrogen-bond donors (Lipinski definition) is 1. The van der Waals surface area contributed by atoms with Crippen molar-refractivity contribution in [3.63, 3.8) is 0 Å². The highest BCUT2D eigenvalue weighted by Crippen LogP contribution is 2.25. The summed E-state index contributed by atoms with van der Waals surface area (Å²) in [6.07, 6.45) is 0.524. The van der Waals surface area contributed by atoms with Crippen molar-refractivity contribution in [2.24, 2.45) is 0 Å². The minimum absolute atomic E-state index is 0.0473. The molecule has 0 amide bonds. The molecule has 0 aromatic carbocycles. The standard InChI is InChI=1S/C13H18N2O5S/c1-8-11(7-12(16)17)9(2)15(13(18)14-8)10-3-5-21(19,20)6-4-10/h10H,3-7H2,1-2H3,(H,16,17). The van der Waals surface area contributed by atoms with E-state index in [9.17, 15) is 18.0 Å². The van der Waals surface area contributed by atoms with Crippen LogP contribution in [0.4, 0.5) is 0 Å². The van der Waals surface area contributed by atoms with E-state index in [-0.39, 0.29) is 24.0 Å². The topological polar surface area (TPSA) is 106 Å². The fraction of sp³-hybridized carbons (Fsp3) is 0.615. The number of carboxylic acids is 1. The van der Waals surface area contributed by atoms with E-state index in [2.05, 4.69) is 4.98 Å². The zero-order valence-electron chi connectivity index (χ0n) is 12.0. The van der Waals surface area contributed by atoms with Crippen LogP contribution >= 0.6 is 0 Å². The molecule has 2 heterocycles. The Labute approximate surface area is 122 Å². The Balaban J connectivity index is 2.44. The third-order valence-corrected chi connectivity index (χ3v) is 5.64. The van der Waals surface area contributed by atoms with Gasteiger partial charge in [0.05, 0.1) is 17.9 Å². The third-order valence-electron chi connectivity index (χ3n) is 3.92. The second-order valence-electron chi connectivity index (χ2n) is 5.37. The summed E-state index contributed by atoms with van der Waals surface area (Å²) in [6, 6.07) is -0.235. The fourth-order valence-electron chi connectivity index (χ4n) is 2.79. The number of carboxylic acid groups (broad SMARTS) is 1. The molecule has 116 valence electrons. The Morgan fingerprint density at radius 1 is 1.33 bits per heavy atom. The molecule has 1 aromatic heterocycles. The smallest absolute Gasteiger partial charge is 0.348 e. The molecule has 0 atom stereocenters. The minimum atomic E-state index is -3.02. The highest BCUT2D eigenvalue weighted by molar-refractivity contribution is 7.91. The maximum Gasteiger partial charge on any atom is 0.348 e. The van der Waals surface area contributed by atoms with Gasteiger partial charge in [-0.15, -0.1) is 0 Å². The van der Waals surface area contributed by atoms with Gasteiger partial charge in [0.25, 0.3) is 0 Å². The van der Waals surface area contributed by atoms with E-state index in [1.807, 2.05) is 0 Å². The fourth-order valence-corrected chi connectivity index (χ4v) is 4.25. The van der Waals surface area contributed by atoms with E-state index in [1.54, 1.807) is 13.8 Å². The van der Waals surface area contributed by atoms with Crippen LogP contribution in [0.2, 0.25) is 0 Å². The van der Waals surface area contributed by atoms with Gasteiger partial charge in [0.15, 0.2) is 0 Å². The monoisotopic (exact) mass is 314 g/mol. The van der Waals surface area contributed by atoms with Gasteiger partial charge in [0.2, 0.25) is 0 Å². The maximum atomic E-state index is 12.1. The Morgan fingerprint density at radius 2 is 1.90 bits per heavy atom. The Bertz CT molecular complexity index is 722. The van der Waals surface area contributed by atoms with Gasteiger partial charge in [-0.05, 0) is 26.7 Å². The zero-order chi connectivity index (χ0) is 15.8. The quantitative estimate of drug-likeness (QED) is 0.856. The molecule has 1 N–H and O–H groups in total. The molecular weight excluding hydrogens is 296 g/mol. The van der Waals surface area contributed by atoms with Crippen molar-refractivity contribution in [2.45, 2.75) is 39.2 Å². The number of rotatable bonds is 3. The first-order valence-electron chi connectivity index (χ1n) is 6.72. The van der Waals surface area contributed by atoms with Crippen molar-refractivity contribution in [3.05, 3.63) is 27.4 Å². The number of hydrogen-bond acceptors (Lipinski definition) is 5. The molecule has 2 rings (SSSR count). The van der Waals surface area contributed by atoms with Crippen LogP contribution in [0, 0.1) is 13.8 Å². The van der Waals surface area contributed by atoms with Crippen molar-refractivity contribution < 1.29 is 18.3 Å². The summed E-state index contributed by atoms with van der Waals surface area (Å²) in [4.78, 5) is 26.9. The van der Waals surface area contributed by atoms with Crippen LogP contribution in [0.25, 0.3) is 0 Å². The number of nitrogens with zero attached hydrogens (tertiary/aromatic N) is 2. The third kappa shape index (κ3) is 3.31. The van der Waals surface area contributed by atoms with Crippen LogP contribution in [0.1, 0.15) is 35.8 Å². The van der Waals surface area contributed by atoms with Gasteiger partial charge in [0, 0.05) is 23.0 Å². The number of carbonyl (C=O) groups is 1. The molecule has 1 saturated heterocycles.